The maximum absolute atomic E-state index is 12.5. The fraction of sp³-hybridized carbons (Fsp3) is 0.667. The summed E-state index contributed by atoms with van der Waals surface area (Å²) in [7, 11) is 0. The number of carbonyl (C=O) groups excluding carboxylic acids is 1. The van der Waals surface area contributed by atoms with Crippen molar-refractivity contribution in [3.05, 3.63) is 21.9 Å². The minimum Gasteiger partial charge on any atom is -0.376 e. The summed E-state index contributed by atoms with van der Waals surface area (Å²) in [5.74, 6) is 0.221. The van der Waals surface area contributed by atoms with Gasteiger partial charge in [-0.3, -0.25) is 10.1 Å². The first kappa shape index (κ1) is 14.0. The molecule has 1 amide bonds. The van der Waals surface area contributed by atoms with Crippen LogP contribution in [0.4, 0.5) is 0 Å². The van der Waals surface area contributed by atoms with Crippen molar-refractivity contribution < 1.29 is 9.53 Å². The van der Waals surface area contributed by atoms with E-state index in [0.29, 0.717) is 6.54 Å². The molecule has 0 bridgehead atoms. The monoisotopic (exact) mass is 294 g/mol. The molecule has 0 aliphatic carbocycles. The molecule has 2 aliphatic rings. The van der Waals surface area contributed by atoms with Crippen LogP contribution in [0.15, 0.2) is 12.1 Å². The van der Waals surface area contributed by atoms with Crippen LogP contribution in [0.2, 0.25) is 0 Å². The van der Waals surface area contributed by atoms with Gasteiger partial charge in [0.05, 0.1) is 12.1 Å². The lowest BCUT2D eigenvalue weighted by molar-refractivity contribution is -0.131. The van der Waals surface area contributed by atoms with Gasteiger partial charge in [0.15, 0.2) is 0 Å². The Morgan fingerprint density at radius 2 is 2.35 bits per heavy atom. The Morgan fingerprint density at radius 3 is 2.95 bits per heavy atom. The zero-order valence-corrected chi connectivity index (χ0v) is 12.9. The van der Waals surface area contributed by atoms with Crippen LogP contribution in [0.1, 0.15) is 42.1 Å². The molecule has 0 aromatic carbocycles. The van der Waals surface area contributed by atoms with E-state index in [2.05, 4.69) is 31.3 Å². The van der Waals surface area contributed by atoms with E-state index in [-0.39, 0.29) is 24.2 Å². The molecule has 3 unspecified atom stereocenters. The number of hydrogen-bond acceptors (Lipinski definition) is 4. The molecular weight excluding hydrogens is 272 g/mol. The third kappa shape index (κ3) is 2.62. The first-order valence-electron chi connectivity index (χ1n) is 7.43. The highest BCUT2D eigenvalue weighted by atomic mass is 32.1. The van der Waals surface area contributed by atoms with Crippen LogP contribution >= 0.6 is 11.3 Å². The van der Waals surface area contributed by atoms with Crippen LogP contribution in [0, 0.1) is 6.92 Å². The molecule has 4 nitrogen and oxygen atoms in total. The molecule has 3 atom stereocenters. The predicted octanol–water partition coefficient (Wildman–Crippen LogP) is 2.44. The number of nitrogens with one attached hydrogen (secondary N) is 1. The largest absolute Gasteiger partial charge is 0.376 e. The van der Waals surface area contributed by atoms with Crippen LogP contribution in [0.3, 0.4) is 0 Å². The molecule has 0 spiro atoms. The van der Waals surface area contributed by atoms with E-state index in [1.54, 1.807) is 11.3 Å². The quantitative estimate of drug-likeness (QED) is 0.927. The van der Waals surface area contributed by atoms with Crippen LogP contribution in [-0.2, 0) is 9.53 Å². The summed E-state index contributed by atoms with van der Waals surface area (Å²) in [5, 5.41) is 3.48. The fourth-order valence-electron chi connectivity index (χ4n) is 3.01. The van der Waals surface area contributed by atoms with Gasteiger partial charge in [0, 0.05) is 22.9 Å². The van der Waals surface area contributed by atoms with Crippen molar-refractivity contribution in [3.63, 3.8) is 0 Å². The molecule has 3 heterocycles. The highest BCUT2D eigenvalue weighted by Crippen LogP contribution is 2.32. The van der Waals surface area contributed by atoms with Gasteiger partial charge in [-0.25, -0.2) is 0 Å². The number of aryl methyl sites for hydroxylation is 1. The second kappa shape index (κ2) is 5.84. The highest BCUT2D eigenvalue weighted by Gasteiger charge is 2.40. The summed E-state index contributed by atoms with van der Waals surface area (Å²) in [4.78, 5) is 17.0. The summed E-state index contributed by atoms with van der Waals surface area (Å²) in [6.45, 7) is 5.71. The Kier molecular flexibility index (Phi) is 4.10. The number of amides is 1. The molecule has 1 aromatic heterocycles. The number of carbonyl (C=O) groups is 1. The van der Waals surface area contributed by atoms with Gasteiger partial charge in [0.25, 0.3) is 0 Å². The standard InChI is InChI=1S/C15H22N2O2S/c1-3-12-15(18)17(9-11-5-4-8-19-11)14(16-12)13-7-6-10(2)20-13/h6-7,11-12,14,16H,3-5,8-9H2,1-2H3. The molecule has 3 rings (SSSR count). The number of hydrogen-bond donors (Lipinski definition) is 1. The Labute approximate surface area is 124 Å². The molecular formula is C15H22N2O2S. The maximum Gasteiger partial charge on any atom is 0.241 e. The van der Waals surface area contributed by atoms with Gasteiger partial charge in [-0.05, 0) is 38.3 Å². The fourth-order valence-corrected chi connectivity index (χ4v) is 3.96. The van der Waals surface area contributed by atoms with Crippen molar-refractivity contribution in [3.8, 4) is 0 Å². The molecule has 0 saturated carbocycles. The summed E-state index contributed by atoms with van der Waals surface area (Å²) in [5.41, 5.74) is 0. The van der Waals surface area contributed by atoms with E-state index in [4.69, 9.17) is 4.74 Å². The second-order valence-corrected chi connectivity index (χ2v) is 6.92. The minimum absolute atomic E-state index is 0.0235. The van der Waals surface area contributed by atoms with Crippen LogP contribution in [0.25, 0.3) is 0 Å². The molecule has 0 radical (unpaired) electrons. The van der Waals surface area contributed by atoms with E-state index in [0.717, 1.165) is 25.9 Å². The van der Waals surface area contributed by atoms with Crippen molar-refractivity contribution >= 4 is 17.2 Å². The number of nitrogens with zero attached hydrogens (tertiary/aromatic N) is 1. The summed E-state index contributed by atoms with van der Waals surface area (Å²) < 4.78 is 5.70. The molecule has 2 saturated heterocycles. The average molecular weight is 294 g/mol. The molecule has 2 fully saturated rings. The number of rotatable bonds is 4. The number of ether oxygens (including phenoxy) is 1. The van der Waals surface area contributed by atoms with Crippen LogP contribution in [0.5, 0.6) is 0 Å². The summed E-state index contributed by atoms with van der Waals surface area (Å²) in [6.07, 6.45) is 3.24. The Balaban J connectivity index is 1.79. The second-order valence-electron chi connectivity index (χ2n) is 5.60. The highest BCUT2D eigenvalue weighted by molar-refractivity contribution is 7.12. The predicted molar refractivity (Wildman–Crippen MR) is 79.7 cm³/mol. The van der Waals surface area contributed by atoms with E-state index >= 15 is 0 Å². The molecule has 2 aliphatic heterocycles. The number of thiophene rings is 1. The van der Waals surface area contributed by atoms with Crippen molar-refractivity contribution in [2.75, 3.05) is 13.2 Å². The minimum atomic E-state index is -0.0520. The van der Waals surface area contributed by atoms with Gasteiger partial charge in [0.2, 0.25) is 5.91 Å². The van der Waals surface area contributed by atoms with Gasteiger partial charge in [-0.1, -0.05) is 6.92 Å². The van der Waals surface area contributed by atoms with Crippen LogP contribution < -0.4 is 5.32 Å². The van der Waals surface area contributed by atoms with Crippen LogP contribution in [-0.4, -0.2) is 36.1 Å². The molecule has 1 N–H and O–H groups in total. The van der Waals surface area contributed by atoms with Crippen molar-refractivity contribution in [2.45, 2.75) is 51.4 Å². The lowest BCUT2D eigenvalue weighted by atomic mass is 10.2. The van der Waals surface area contributed by atoms with Crippen molar-refractivity contribution in [2.24, 2.45) is 0 Å². The third-order valence-electron chi connectivity index (χ3n) is 4.12. The van der Waals surface area contributed by atoms with Gasteiger partial charge < -0.3 is 9.64 Å². The Morgan fingerprint density at radius 1 is 1.50 bits per heavy atom. The normalized spacial score (nSPS) is 30.4. The average Bonchev–Trinajstić information content (AvgIpc) is 3.14. The molecule has 20 heavy (non-hydrogen) atoms. The van der Waals surface area contributed by atoms with E-state index < -0.39 is 0 Å². The van der Waals surface area contributed by atoms with Gasteiger partial charge >= 0.3 is 0 Å². The summed E-state index contributed by atoms with van der Waals surface area (Å²) >= 11 is 1.76. The zero-order chi connectivity index (χ0) is 14.1. The maximum atomic E-state index is 12.5. The first-order chi connectivity index (χ1) is 9.69. The Bertz CT molecular complexity index is 482. The SMILES string of the molecule is CCC1NC(c2ccc(C)s2)N(CC2CCCO2)C1=O. The van der Waals surface area contributed by atoms with E-state index in [1.807, 2.05) is 4.90 Å². The lowest BCUT2D eigenvalue weighted by Gasteiger charge is -2.26. The van der Waals surface area contributed by atoms with Gasteiger partial charge in [0.1, 0.15) is 6.17 Å². The first-order valence-corrected chi connectivity index (χ1v) is 8.25. The van der Waals surface area contributed by atoms with E-state index in [9.17, 15) is 4.79 Å². The third-order valence-corrected chi connectivity index (χ3v) is 5.17. The lowest BCUT2D eigenvalue weighted by Crippen LogP contribution is -2.37. The van der Waals surface area contributed by atoms with Gasteiger partial charge in [-0.2, -0.15) is 0 Å². The molecule has 5 heteroatoms. The zero-order valence-electron chi connectivity index (χ0n) is 12.1. The smallest absolute Gasteiger partial charge is 0.241 e. The van der Waals surface area contributed by atoms with Crippen molar-refractivity contribution in [1.82, 2.24) is 10.2 Å². The molecule has 1 aromatic rings. The molecule has 110 valence electrons. The van der Waals surface area contributed by atoms with Gasteiger partial charge in [-0.15, -0.1) is 11.3 Å². The topological polar surface area (TPSA) is 41.6 Å². The summed E-state index contributed by atoms with van der Waals surface area (Å²) in [6, 6.07) is 4.20. The van der Waals surface area contributed by atoms with E-state index in [1.165, 1.54) is 9.75 Å². The Hall–Kier alpha value is -0.910. The van der Waals surface area contributed by atoms with Crippen molar-refractivity contribution in [1.29, 1.82) is 0 Å².